The molecule has 0 aliphatic carbocycles. The Morgan fingerprint density at radius 2 is 1.60 bits per heavy atom. The summed E-state index contributed by atoms with van der Waals surface area (Å²) in [6.07, 6.45) is 2.06. The van der Waals surface area contributed by atoms with Crippen molar-refractivity contribution in [2.45, 2.75) is 24.7 Å². The molecule has 0 spiro atoms. The molecule has 0 aliphatic rings. The predicted molar refractivity (Wildman–Crippen MR) is 82.1 cm³/mol. The number of hydrogen-bond donors (Lipinski definition) is 2. The highest BCUT2D eigenvalue weighted by Crippen LogP contribution is 2.18. The average molecular weight is 290 g/mol. The molecule has 0 saturated carbocycles. The molecule has 0 saturated heterocycles. The molecular weight excluding hydrogens is 272 g/mol. The van der Waals surface area contributed by atoms with Crippen molar-refractivity contribution in [3.05, 3.63) is 54.1 Å². The number of nitrogens with one attached hydrogen (secondary N) is 1. The third kappa shape index (κ3) is 3.51. The average Bonchev–Trinajstić information content (AvgIpc) is 2.41. The first-order chi connectivity index (χ1) is 9.51. The van der Waals surface area contributed by atoms with Crippen molar-refractivity contribution < 1.29 is 8.42 Å². The Hall–Kier alpha value is -2.01. The number of hydrogen-bond acceptors (Lipinski definition) is 3. The minimum atomic E-state index is -3.56. The van der Waals surface area contributed by atoms with Crippen molar-refractivity contribution in [1.82, 2.24) is 0 Å². The molecule has 0 unspecified atom stereocenters. The summed E-state index contributed by atoms with van der Waals surface area (Å²) in [5.41, 5.74) is 7.84. The molecule has 3 N–H and O–H groups in total. The first kappa shape index (κ1) is 14.4. The van der Waals surface area contributed by atoms with Crippen molar-refractivity contribution >= 4 is 21.4 Å². The summed E-state index contributed by atoms with van der Waals surface area (Å²) in [7, 11) is -3.56. The topological polar surface area (TPSA) is 72.2 Å². The van der Waals surface area contributed by atoms with E-state index >= 15 is 0 Å². The van der Waals surface area contributed by atoms with E-state index in [0.29, 0.717) is 11.4 Å². The predicted octanol–water partition coefficient (Wildman–Crippen LogP) is 3.02. The van der Waals surface area contributed by atoms with E-state index in [1.807, 2.05) is 12.1 Å². The van der Waals surface area contributed by atoms with Crippen LogP contribution in [0.3, 0.4) is 0 Å². The van der Waals surface area contributed by atoms with Crippen LogP contribution in [0.4, 0.5) is 11.4 Å². The van der Waals surface area contributed by atoms with Crippen LogP contribution in [0.2, 0.25) is 0 Å². The lowest BCUT2D eigenvalue weighted by molar-refractivity contribution is 0.601. The van der Waals surface area contributed by atoms with Crippen molar-refractivity contribution in [3.8, 4) is 0 Å². The maximum atomic E-state index is 12.2. The number of benzene rings is 2. The van der Waals surface area contributed by atoms with Gasteiger partial charge in [0.2, 0.25) is 0 Å². The van der Waals surface area contributed by atoms with E-state index in [-0.39, 0.29) is 4.90 Å². The van der Waals surface area contributed by atoms with Gasteiger partial charge in [0.15, 0.2) is 0 Å². The van der Waals surface area contributed by atoms with Crippen molar-refractivity contribution in [3.63, 3.8) is 0 Å². The molecule has 0 amide bonds. The highest BCUT2D eigenvalue weighted by atomic mass is 32.2. The summed E-state index contributed by atoms with van der Waals surface area (Å²) >= 11 is 0. The number of rotatable bonds is 5. The summed E-state index contributed by atoms with van der Waals surface area (Å²) in [5.74, 6) is 0. The Balaban J connectivity index is 2.17. The maximum Gasteiger partial charge on any atom is 0.261 e. The number of sulfonamides is 1. The monoisotopic (exact) mass is 290 g/mol. The van der Waals surface area contributed by atoms with Crippen LogP contribution in [0.15, 0.2) is 53.4 Å². The van der Waals surface area contributed by atoms with E-state index < -0.39 is 10.0 Å². The molecule has 0 heterocycles. The molecule has 0 atom stereocenters. The first-order valence-corrected chi connectivity index (χ1v) is 7.97. The van der Waals surface area contributed by atoms with Crippen LogP contribution in [0.5, 0.6) is 0 Å². The molecule has 2 aromatic carbocycles. The largest absolute Gasteiger partial charge is 0.399 e. The minimum absolute atomic E-state index is 0.198. The number of aryl methyl sites for hydroxylation is 1. The van der Waals surface area contributed by atoms with Gasteiger partial charge in [-0.05, 0) is 48.4 Å². The zero-order chi connectivity index (χ0) is 14.6. The molecule has 0 aromatic heterocycles. The van der Waals surface area contributed by atoms with Crippen LogP contribution in [-0.4, -0.2) is 8.42 Å². The third-order valence-electron chi connectivity index (χ3n) is 2.94. The highest BCUT2D eigenvalue weighted by molar-refractivity contribution is 7.92. The third-order valence-corrected chi connectivity index (χ3v) is 4.33. The van der Waals surface area contributed by atoms with Crippen molar-refractivity contribution in [2.24, 2.45) is 0 Å². The number of nitrogens with two attached hydrogens (primary N) is 1. The number of anilines is 2. The summed E-state index contributed by atoms with van der Waals surface area (Å²) in [6, 6.07) is 13.5. The molecule has 5 heteroatoms. The van der Waals surface area contributed by atoms with E-state index in [0.717, 1.165) is 12.8 Å². The molecule has 4 nitrogen and oxygen atoms in total. The van der Waals surface area contributed by atoms with E-state index in [2.05, 4.69) is 11.6 Å². The highest BCUT2D eigenvalue weighted by Gasteiger charge is 2.13. The standard InChI is InChI=1S/C15H18N2O2S/c1-2-3-12-4-8-14(9-5-12)17-20(18,19)15-10-6-13(16)7-11-15/h4-11,17H,2-3,16H2,1H3. The van der Waals surface area contributed by atoms with Crippen molar-refractivity contribution in [1.29, 1.82) is 0 Å². The van der Waals surface area contributed by atoms with E-state index in [9.17, 15) is 8.42 Å². The smallest absolute Gasteiger partial charge is 0.261 e. The molecule has 2 aromatic rings. The molecule has 0 bridgehead atoms. The van der Waals surface area contributed by atoms with Gasteiger partial charge in [-0.1, -0.05) is 25.5 Å². The first-order valence-electron chi connectivity index (χ1n) is 6.48. The van der Waals surface area contributed by atoms with E-state index in [4.69, 9.17) is 5.73 Å². The summed E-state index contributed by atoms with van der Waals surface area (Å²) in [4.78, 5) is 0.198. The van der Waals surface area contributed by atoms with Crippen LogP contribution in [-0.2, 0) is 16.4 Å². The molecule has 106 valence electrons. The second-order valence-corrected chi connectivity index (χ2v) is 6.30. The quantitative estimate of drug-likeness (QED) is 0.831. The van der Waals surface area contributed by atoms with Gasteiger partial charge >= 0.3 is 0 Å². The van der Waals surface area contributed by atoms with Gasteiger partial charge in [0.25, 0.3) is 10.0 Å². The Morgan fingerprint density at radius 3 is 2.15 bits per heavy atom. The fourth-order valence-corrected chi connectivity index (χ4v) is 2.95. The Bertz CT molecular complexity index is 662. The van der Waals surface area contributed by atoms with Gasteiger partial charge in [0.1, 0.15) is 0 Å². The van der Waals surface area contributed by atoms with Gasteiger partial charge in [0, 0.05) is 11.4 Å². The van der Waals surface area contributed by atoms with Crippen LogP contribution < -0.4 is 10.5 Å². The van der Waals surface area contributed by atoms with Gasteiger partial charge in [-0.2, -0.15) is 0 Å². The van der Waals surface area contributed by atoms with Crippen LogP contribution >= 0.6 is 0 Å². The molecule has 0 fully saturated rings. The van der Waals surface area contributed by atoms with Gasteiger partial charge in [-0.15, -0.1) is 0 Å². The van der Waals surface area contributed by atoms with Crippen LogP contribution in [0.1, 0.15) is 18.9 Å². The molecule has 20 heavy (non-hydrogen) atoms. The van der Waals surface area contributed by atoms with Crippen molar-refractivity contribution in [2.75, 3.05) is 10.5 Å². The zero-order valence-corrected chi connectivity index (χ0v) is 12.2. The normalized spacial score (nSPS) is 11.2. The van der Waals surface area contributed by atoms with Crippen LogP contribution in [0.25, 0.3) is 0 Å². The van der Waals surface area contributed by atoms with E-state index in [1.54, 1.807) is 24.3 Å². The summed E-state index contributed by atoms with van der Waals surface area (Å²) < 4.78 is 26.9. The molecule has 2 rings (SSSR count). The second-order valence-electron chi connectivity index (χ2n) is 4.62. The molecule has 0 radical (unpaired) electrons. The molecule has 0 aliphatic heterocycles. The SMILES string of the molecule is CCCc1ccc(NS(=O)(=O)c2ccc(N)cc2)cc1. The van der Waals surface area contributed by atoms with E-state index in [1.165, 1.54) is 17.7 Å². The second kappa shape index (κ2) is 5.96. The van der Waals surface area contributed by atoms with Crippen LogP contribution in [0, 0.1) is 0 Å². The minimum Gasteiger partial charge on any atom is -0.399 e. The number of nitrogen functional groups attached to an aromatic ring is 1. The summed E-state index contributed by atoms with van der Waals surface area (Å²) in [6.45, 7) is 2.11. The van der Waals surface area contributed by atoms with Gasteiger partial charge in [-0.3, -0.25) is 4.72 Å². The fourth-order valence-electron chi connectivity index (χ4n) is 1.89. The van der Waals surface area contributed by atoms with Gasteiger partial charge in [-0.25, -0.2) is 8.42 Å². The Morgan fingerprint density at radius 1 is 1.00 bits per heavy atom. The lowest BCUT2D eigenvalue weighted by Crippen LogP contribution is -2.12. The Kier molecular flexibility index (Phi) is 4.29. The van der Waals surface area contributed by atoms with Gasteiger partial charge in [0.05, 0.1) is 4.90 Å². The fraction of sp³-hybridized carbons (Fsp3) is 0.200. The Labute approximate surface area is 119 Å². The summed E-state index contributed by atoms with van der Waals surface area (Å²) in [5, 5.41) is 0. The zero-order valence-electron chi connectivity index (χ0n) is 11.3. The maximum absolute atomic E-state index is 12.2. The molecular formula is C15H18N2O2S. The lowest BCUT2D eigenvalue weighted by atomic mass is 10.1. The van der Waals surface area contributed by atoms with Gasteiger partial charge < -0.3 is 5.73 Å². The lowest BCUT2D eigenvalue weighted by Gasteiger charge is -2.09.